The zero-order valence-electron chi connectivity index (χ0n) is 12.0. The first kappa shape index (κ1) is 14.6. The number of nitrogens with two attached hydrogens (primary N) is 1. The Morgan fingerprint density at radius 2 is 2.25 bits per heavy atom. The van der Waals surface area contributed by atoms with Crippen molar-refractivity contribution in [2.45, 2.75) is 26.3 Å². The highest BCUT2D eigenvalue weighted by atomic mass is 16.4. The smallest absolute Gasteiger partial charge is 0.337 e. The minimum atomic E-state index is -1.00. The summed E-state index contributed by atoms with van der Waals surface area (Å²) in [4.78, 5) is 19.7. The van der Waals surface area contributed by atoms with Crippen molar-refractivity contribution >= 4 is 17.5 Å². The van der Waals surface area contributed by atoms with Crippen molar-refractivity contribution in [3.63, 3.8) is 0 Å². The normalized spacial score (nSPS) is 18.8. The summed E-state index contributed by atoms with van der Waals surface area (Å²) >= 11 is 0. The molecule has 6 nitrogen and oxygen atoms in total. The van der Waals surface area contributed by atoms with Gasteiger partial charge in [-0.1, -0.05) is 13.8 Å². The number of pyridine rings is 1. The van der Waals surface area contributed by atoms with Gasteiger partial charge in [0.15, 0.2) is 5.82 Å². The van der Waals surface area contributed by atoms with Gasteiger partial charge < -0.3 is 15.7 Å². The number of nitrogens with zero attached hydrogens (tertiary/aromatic N) is 3. The van der Waals surface area contributed by atoms with Gasteiger partial charge in [0.1, 0.15) is 0 Å². The van der Waals surface area contributed by atoms with E-state index in [-0.39, 0.29) is 5.56 Å². The molecule has 0 amide bonds. The number of carboxylic acids is 1. The Morgan fingerprint density at radius 3 is 2.80 bits per heavy atom. The Morgan fingerprint density at radius 1 is 1.55 bits per heavy atom. The molecule has 0 saturated carbocycles. The average molecular weight is 278 g/mol. The Balaban J connectivity index is 2.12. The van der Waals surface area contributed by atoms with Crippen molar-refractivity contribution in [3.05, 3.63) is 17.8 Å². The molecule has 0 radical (unpaired) electrons. The molecule has 0 bridgehead atoms. The Hall–Kier alpha value is -1.82. The summed E-state index contributed by atoms with van der Waals surface area (Å²) in [7, 11) is 0. The lowest BCUT2D eigenvalue weighted by Crippen LogP contribution is -2.37. The van der Waals surface area contributed by atoms with Crippen molar-refractivity contribution in [3.8, 4) is 0 Å². The molecule has 3 N–H and O–H groups in total. The maximum Gasteiger partial charge on any atom is 0.337 e. The molecule has 2 heterocycles. The number of carboxylic acid groups (broad SMARTS) is 1. The van der Waals surface area contributed by atoms with Crippen LogP contribution in [0.25, 0.3) is 0 Å². The van der Waals surface area contributed by atoms with E-state index >= 15 is 0 Å². The van der Waals surface area contributed by atoms with E-state index < -0.39 is 5.97 Å². The molecule has 0 spiro atoms. The number of nitrogen functional groups attached to an aromatic ring is 1. The predicted molar refractivity (Wildman–Crippen MR) is 79.1 cm³/mol. The van der Waals surface area contributed by atoms with Crippen LogP contribution in [0.4, 0.5) is 11.5 Å². The molecule has 1 saturated heterocycles. The summed E-state index contributed by atoms with van der Waals surface area (Å²) in [5.41, 5.74) is 6.51. The Labute approximate surface area is 119 Å². The molecule has 6 heteroatoms. The number of hydrogen-bond acceptors (Lipinski definition) is 5. The quantitative estimate of drug-likeness (QED) is 0.844. The first-order valence-electron chi connectivity index (χ1n) is 7.04. The van der Waals surface area contributed by atoms with E-state index in [9.17, 15) is 4.79 Å². The molecule has 20 heavy (non-hydrogen) atoms. The summed E-state index contributed by atoms with van der Waals surface area (Å²) in [5, 5.41) is 8.93. The van der Waals surface area contributed by atoms with E-state index in [4.69, 9.17) is 10.8 Å². The van der Waals surface area contributed by atoms with Crippen LogP contribution in [0.15, 0.2) is 12.3 Å². The number of aromatic nitrogens is 1. The van der Waals surface area contributed by atoms with Crippen LogP contribution in [0.3, 0.4) is 0 Å². The van der Waals surface area contributed by atoms with E-state index in [2.05, 4.69) is 28.6 Å². The van der Waals surface area contributed by atoms with Crippen molar-refractivity contribution < 1.29 is 9.90 Å². The molecule has 0 aliphatic carbocycles. The monoisotopic (exact) mass is 278 g/mol. The fraction of sp³-hybridized carbons (Fsp3) is 0.571. The molecule has 1 atom stereocenters. The second-order valence-electron chi connectivity index (χ2n) is 5.05. The van der Waals surface area contributed by atoms with Gasteiger partial charge in [0.2, 0.25) is 0 Å². The molecular weight excluding hydrogens is 256 g/mol. The molecule has 1 fully saturated rings. The van der Waals surface area contributed by atoms with Crippen LogP contribution in [0, 0.1) is 0 Å². The third-order valence-electron chi connectivity index (χ3n) is 3.93. The third-order valence-corrected chi connectivity index (χ3v) is 3.93. The van der Waals surface area contributed by atoms with Crippen LogP contribution in [0.2, 0.25) is 0 Å². The van der Waals surface area contributed by atoms with Gasteiger partial charge in [-0.2, -0.15) is 0 Å². The number of anilines is 2. The highest BCUT2D eigenvalue weighted by Crippen LogP contribution is 2.26. The minimum Gasteiger partial charge on any atom is -0.478 e. The molecular formula is C14H22N4O2. The lowest BCUT2D eigenvalue weighted by Gasteiger charge is -2.26. The van der Waals surface area contributed by atoms with Crippen molar-refractivity contribution in [1.82, 2.24) is 9.88 Å². The maximum atomic E-state index is 10.9. The van der Waals surface area contributed by atoms with Gasteiger partial charge in [-0.25, -0.2) is 9.78 Å². The van der Waals surface area contributed by atoms with E-state index in [0.717, 1.165) is 32.6 Å². The molecule has 2 rings (SSSR count). The topological polar surface area (TPSA) is 82.7 Å². The van der Waals surface area contributed by atoms with Crippen LogP contribution in [-0.2, 0) is 0 Å². The summed E-state index contributed by atoms with van der Waals surface area (Å²) in [6.07, 6.45) is 2.46. The van der Waals surface area contributed by atoms with Crippen LogP contribution >= 0.6 is 0 Å². The van der Waals surface area contributed by atoms with E-state index in [1.807, 2.05) is 0 Å². The van der Waals surface area contributed by atoms with Crippen molar-refractivity contribution in [2.24, 2.45) is 0 Å². The van der Waals surface area contributed by atoms with Crippen LogP contribution in [0.1, 0.15) is 30.6 Å². The van der Waals surface area contributed by atoms with Crippen molar-refractivity contribution in [1.29, 1.82) is 0 Å². The van der Waals surface area contributed by atoms with Crippen LogP contribution < -0.4 is 10.6 Å². The molecule has 1 unspecified atom stereocenters. The first-order valence-corrected chi connectivity index (χ1v) is 7.04. The molecule has 1 aliphatic heterocycles. The summed E-state index contributed by atoms with van der Waals surface area (Å²) in [6, 6.07) is 2.00. The third kappa shape index (κ3) is 2.85. The second-order valence-corrected chi connectivity index (χ2v) is 5.05. The second kappa shape index (κ2) is 6.09. The van der Waals surface area contributed by atoms with Gasteiger partial charge in [-0.05, 0) is 25.6 Å². The van der Waals surface area contributed by atoms with Gasteiger partial charge in [-0.15, -0.1) is 0 Å². The summed E-state index contributed by atoms with van der Waals surface area (Å²) < 4.78 is 0. The number of hydrogen-bond donors (Lipinski definition) is 2. The lowest BCUT2D eigenvalue weighted by atomic mass is 10.2. The van der Waals surface area contributed by atoms with Crippen LogP contribution in [0.5, 0.6) is 0 Å². The molecule has 1 aromatic rings. The number of aromatic carboxylic acids is 1. The summed E-state index contributed by atoms with van der Waals surface area (Å²) in [5.74, 6) is -0.303. The highest BCUT2D eigenvalue weighted by molar-refractivity contribution is 5.89. The highest BCUT2D eigenvalue weighted by Gasteiger charge is 2.28. The molecule has 0 aromatic carbocycles. The number of carbonyl (C=O) groups is 1. The van der Waals surface area contributed by atoms with Crippen molar-refractivity contribution in [2.75, 3.05) is 36.8 Å². The average Bonchev–Trinajstić information content (AvgIpc) is 2.89. The standard InChI is InChI=1S/C14H22N4O2/c1-3-17(4-2)11-5-6-18(9-11)13-12(15)7-10(8-16-13)14(19)20/h7-8,11H,3-6,9,15H2,1-2H3,(H,19,20). The zero-order chi connectivity index (χ0) is 14.7. The van der Waals surface area contributed by atoms with Gasteiger partial charge >= 0.3 is 5.97 Å². The Kier molecular flexibility index (Phi) is 4.44. The predicted octanol–water partition coefficient (Wildman–Crippen LogP) is 1.28. The zero-order valence-corrected chi connectivity index (χ0v) is 12.0. The number of rotatable bonds is 5. The van der Waals surface area contributed by atoms with Crippen LogP contribution in [-0.4, -0.2) is 53.2 Å². The van der Waals surface area contributed by atoms with Gasteiger partial charge in [0.05, 0.1) is 11.3 Å². The fourth-order valence-corrected chi connectivity index (χ4v) is 2.83. The summed E-state index contributed by atoms with van der Waals surface area (Å²) in [6.45, 7) is 8.21. The van der Waals surface area contributed by atoms with Gasteiger partial charge in [0, 0.05) is 25.3 Å². The van der Waals surface area contributed by atoms with E-state index in [1.165, 1.54) is 12.3 Å². The largest absolute Gasteiger partial charge is 0.478 e. The fourth-order valence-electron chi connectivity index (χ4n) is 2.83. The van der Waals surface area contributed by atoms with E-state index in [1.54, 1.807) is 0 Å². The Bertz CT molecular complexity index is 488. The number of likely N-dealkylation sites (N-methyl/N-ethyl adjacent to an activating group) is 1. The molecule has 1 aliphatic rings. The SMILES string of the molecule is CCN(CC)C1CCN(c2ncc(C(=O)O)cc2N)C1. The van der Waals surface area contributed by atoms with Gasteiger partial charge in [0.25, 0.3) is 0 Å². The first-order chi connectivity index (χ1) is 9.56. The van der Waals surface area contributed by atoms with E-state index in [0.29, 0.717) is 17.5 Å². The maximum absolute atomic E-state index is 10.9. The molecule has 110 valence electrons. The lowest BCUT2D eigenvalue weighted by molar-refractivity contribution is 0.0696. The van der Waals surface area contributed by atoms with Gasteiger partial charge in [-0.3, -0.25) is 4.90 Å². The molecule has 1 aromatic heterocycles. The minimum absolute atomic E-state index is 0.130.